The highest BCUT2D eigenvalue weighted by molar-refractivity contribution is 5.93. The number of allylic oxidation sites excluding steroid dienone is 1. The zero-order valence-corrected chi connectivity index (χ0v) is 6.89. The Kier molecular flexibility index (Phi) is 3.95. The standard InChI is InChI=1S/C7H12N2O2/c1-5(6(2)10)4-9-7(11)8-3/h4H,1-3H3,(H2,8,9,11)/b5-4-. The molecule has 0 saturated heterocycles. The van der Waals surface area contributed by atoms with Gasteiger partial charge in [-0.15, -0.1) is 0 Å². The molecule has 0 radical (unpaired) electrons. The van der Waals surface area contributed by atoms with E-state index in [2.05, 4.69) is 10.6 Å². The van der Waals surface area contributed by atoms with E-state index < -0.39 is 0 Å². The average molecular weight is 156 g/mol. The number of ketones is 1. The summed E-state index contributed by atoms with van der Waals surface area (Å²) >= 11 is 0. The van der Waals surface area contributed by atoms with Crippen LogP contribution in [0.2, 0.25) is 0 Å². The molecule has 0 saturated carbocycles. The maximum atomic E-state index is 10.6. The van der Waals surface area contributed by atoms with Crippen molar-refractivity contribution in [3.63, 3.8) is 0 Å². The Morgan fingerprint density at radius 2 is 1.82 bits per heavy atom. The van der Waals surface area contributed by atoms with Gasteiger partial charge in [-0.3, -0.25) is 4.79 Å². The van der Waals surface area contributed by atoms with Gasteiger partial charge in [0.05, 0.1) is 0 Å². The molecule has 0 aliphatic rings. The summed E-state index contributed by atoms with van der Waals surface area (Å²) in [4.78, 5) is 21.2. The van der Waals surface area contributed by atoms with Crippen LogP contribution in [0.15, 0.2) is 11.8 Å². The topological polar surface area (TPSA) is 58.2 Å². The monoisotopic (exact) mass is 156 g/mol. The van der Waals surface area contributed by atoms with Crippen molar-refractivity contribution >= 4 is 11.8 Å². The maximum absolute atomic E-state index is 10.6. The number of Topliss-reactive ketones (excluding diaryl/α,β-unsaturated/α-hetero) is 1. The number of hydrogen-bond acceptors (Lipinski definition) is 2. The molecule has 4 nitrogen and oxygen atoms in total. The summed E-state index contributed by atoms with van der Waals surface area (Å²) in [7, 11) is 1.51. The molecule has 0 aliphatic carbocycles. The molecule has 2 amide bonds. The first-order chi connectivity index (χ1) is 5.07. The summed E-state index contributed by atoms with van der Waals surface area (Å²) < 4.78 is 0. The molecule has 11 heavy (non-hydrogen) atoms. The molecule has 0 fully saturated rings. The van der Waals surface area contributed by atoms with E-state index in [1.165, 1.54) is 20.2 Å². The number of rotatable bonds is 2. The van der Waals surface area contributed by atoms with E-state index in [1.807, 2.05) is 0 Å². The van der Waals surface area contributed by atoms with Crippen LogP contribution in [-0.4, -0.2) is 18.9 Å². The molecule has 0 atom stereocenters. The second-order valence-electron chi connectivity index (χ2n) is 2.11. The van der Waals surface area contributed by atoms with Crippen molar-refractivity contribution < 1.29 is 9.59 Å². The van der Waals surface area contributed by atoms with Gasteiger partial charge in [0.2, 0.25) is 0 Å². The van der Waals surface area contributed by atoms with Crippen LogP contribution in [0.1, 0.15) is 13.8 Å². The normalized spacial score (nSPS) is 10.6. The second-order valence-corrected chi connectivity index (χ2v) is 2.11. The summed E-state index contributed by atoms with van der Waals surface area (Å²) in [5.41, 5.74) is 0.522. The molecule has 0 rings (SSSR count). The number of nitrogens with one attached hydrogen (secondary N) is 2. The van der Waals surface area contributed by atoms with Crippen LogP contribution in [0.4, 0.5) is 4.79 Å². The Morgan fingerprint density at radius 1 is 1.27 bits per heavy atom. The lowest BCUT2D eigenvalue weighted by Crippen LogP contribution is -2.29. The van der Waals surface area contributed by atoms with Gasteiger partial charge in [-0.1, -0.05) is 0 Å². The quantitative estimate of drug-likeness (QED) is 0.569. The van der Waals surface area contributed by atoms with Gasteiger partial charge in [-0.2, -0.15) is 0 Å². The van der Waals surface area contributed by atoms with E-state index in [4.69, 9.17) is 0 Å². The molecule has 0 aromatic rings. The lowest BCUT2D eigenvalue weighted by Gasteiger charge is -1.98. The highest BCUT2D eigenvalue weighted by Crippen LogP contribution is 1.89. The summed E-state index contributed by atoms with van der Waals surface area (Å²) in [6.45, 7) is 3.08. The molecule has 4 heteroatoms. The van der Waals surface area contributed by atoms with E-state index in [0.29, 0.717) is 5.57 Å². The molecule has 0 heterocycles. The summed E-state index contributed by atoms with van der Waals surface area (Å²) in [5, 5.41) is 4.73. The van der Waals surface area contributed by atoms with E-state index >= 15 is 0 Å². The van der Waals surface area contributed by atoms with Crippen molar-refractivity contribution in [3.05, 3.63) is 11.8 Å². The van der Waals surface area contributed by atoms with E-state index in [-0.39, 0.29) is 11.8 Å². The number of hydrogen-bond donors (Lipinski definition) is 2. The van der Waals surface area contributed by atoms with Gasteiger partial charge in [0.15, 0.2) is 5.78 Å². The van der Waals surface area contributed by atoms with Gasteiger partial charge < -0.3 is 10.6 Å². The van der Waals surface area contributed by atoms with Gasteiger partial charge in [-0.05, 0) is 13.8 Å². The Balaban J connectivity index is 3.92. The van der Waals surface area contributed by atoms with Crippen LogP contribution >= 0.6 is 0 Å². The van der Waals surface area contributed by atoms with Crippen LogP contribution in [0.25, 0.3) is 0 Å². The third-order valence-corrected chi connectivity index (χ3v) is 1.20. The van der Waals surface area contributed by atoms with Crippen molar-refractivity contribution in [3.8, 4) is 0 Å². The largest absolute Gasteiger partial charge is 0.341 e. The lowest BCUT2D eigenvalue weighted by molar-refractivity contribution is -0.113. The highest BCUT2D eigenvalue weighted by Gasteiger charge is 1.96. The summed E-state index contributed by atoms with van der Waals surface area (Å²) in [6, 6.07) is -0.328. The molecule has 0 aromatic heterocycles. The molecule has 62 valence electrons. The number of carbonyl (C=O) groups excluding carboxylic acids is 2. The minimum absolute atomic E-state index is 0.0543. The summed E-state index contributed by atoms with van der Waals surface area (Å²) in [5.74, 6) is -0.0543. The minimum Gasteiger partial charge on any atom is -0.341 e. The van der Waals surface area contributed by atoms with Crippen LogP contribution in [0.5, 0.6) is 0 Å². The number of carbonyl (C=O) groups is 2. The summed E-state index contributed by atoms with van der Waals surface area (Å²) in [6.07, 6.45) is 1.38. The van der Waals surface area contributed by atoms with Crippen LogP contribution in [-0.2, 0) is 4.79 Å². The molecular formula is C7H12N2O2. The predicted molar refractivity (Wildman–Crippen MR) is 42.0 cm³/mol. The molecular weight excluding hydrogens is 144 g/mol. The average Bonchev–Trinajstić information content (AvgIpc) is 1.99. The molecule has 2 N–H and O–H groups in total. The van der Waals surface area contributed by atoms with Crippen molar-refractivity contribution in [2.24, 2.45) is 0 Å². The Labute approximate surface area is 65.7 Å². The van der Waals surface area contributed by atoms with E-state index in [0.717, 1.165) is 0 Å². The molecule has 0 bridgehead atoms. The van der Waals surface area contributed by atoms with Gasteiger partial charge in [0.25, 0.3) is 0 Å². The van der Waals surface area contributed by atoms with Gasteiger partial charge in [-0.25, -0.2) is 4.79 Å². The Bertz CT molecular complexity index is 197. The Morgan fingerprint density at radius 3 is 2.18 bits per heavy atom. The van der Waals surface area contributed by atoms with Crippen molar-refractivity contribution in [2.75, 3.05) is 7.05 Å². The Hall–Kier alpha value is -1.32. The zero-order valence-electron chi connectivity index (χ0n) is 6.89. The van der Waals surface area contributed by atoms with Crippen molar-refractivity contribution in [1.29, 1.82) is 0 Å². The number of urea groups is 1. The minimum atomic E-state index is -0.328. The fraction of sp³-hybridized carbons (Fsp3) is 0.429. The molecule has 0 spiro atoms. The second kappa shape index (κ2) is 4.49. The van der Waals surface area contributed by atoms with E-state index in [9.17, 15) is 9.59 Å². The number of amides is 2. The highest BCUT2D eigenvalue weighted by atomic mass is 16.2. The molecule has 0 aliphatic heterocycles. The fourth-order valence-electron chi connectivity index (χ4n) is 0.348. The maximum Gasteiger partial charge on any atom is 0.318 e. The van der Waals surface area contributed by atoms with Crippen LogP contribution in [0.3, 0.4) is 0 Å². The van der Waals surface area contributed by atoms with Crippen LogP contribution < -0.4 is 10.6 Å². The van der Waals surface area contributed by atoms with Crippen LogP contribution in [0, 0.1) is 0 Å². The first kappa shape index (κ1) is 9.68. The fourth-order valence-corrected chi connectivity index (χ4v) is 0.348. The lowest BCUT2D eigenvalue weighted by atomic mass is 10.2. The SMILES string of the molecule is CNC(=O)N/C=C(/C)C(C)=O. The molecule has 0 aromatic carbocycles. The zero-order chi connectivity index (χ0) is 8.85. The van der Waals surface area contributed by atoms with Gasteiger partial charge in [0.1, 0.15) is 0 Å². The predicted octanol–water partition coefficient (Wildman–Crippen LogP) is 0.408. The first-order valence-corrected chi connectivity index (χ1v) is 3.24. The van der Waals surface area contributed by atoms with E-state index in [1.54, 1.807) is 6.92 Å². The van der Waals surface area contributed by atoms with Gasteiger partial charge in [0, 0.05) is 18.8 Å². The van der Waals surface area contributed by atoms with Crippen molar-refractivity contribution in [1.82, 2.24) is 10.6 Å². The first-order valence-electron chi connectivity index (χ1n) is 3.24. The smallest absolute Gasteiger partial charge is 0.318 e. The van der Waals surface area contributed by atoms with Gasteiger partial charge >= 0.3 is 6.03 Å². The van der Waals surface area contributed by atoms with Crippen molar-refractivity contribution in [2.45, 2.75) is 13.8 Å². The molecule has 0 unspecified atom stereocenters. The third kappa shape index (κ3) is 4.13. The third-order valence-electron chi connectivity index (χ3n) is 1.20.